The second kappa shape index (κ2) is 3.63. The molecule has 2 aromatic heterocycles. The van der Waals surface area contributed by atoms with Crippen LogP contribution in [-0.4, -0.2) is 19.9 Å². The van der Waals surface area contributed by atoms with Gasteiger partial charge < -0.3 is 4.98 Å². The second-order valence-corrected chi connectivity index (χ2v) is 3.26. The molecule has 14 heavy (non-hydrogen) atoms. The van der Waals surface area contributed by atoms with E-state index >= 15 is 0 Å². The lowest BCUT2D eigenvalue weighted by atomic mass is 10.2. The third-order valence-corrected chi connectivity index (χ3v) is 1.94. The first-order valence-corrected chi connectivity index (χ1v) is 4.50. The minimum atomic E-state index is 0.570. The van der Waals surface area contributed by atoms with Crippen LogP contribution in [0.25, 0.3) is 11.3 Å². The van der Waals surface area contributed by atoms with Crippen molar-refractivity contribution < 1.29 is 0 Å². The maximum atomic E-state index is 5.02. The molecule has 2 aromatic rings. The number of rotatable bonds is 1. The molecule has 2 rings (SSSR count). The molecule has 0 radical (unpaired) electrons. The third kappa shape index (κ3) is 1.82. The lowest BCUT2D eigenvalue weighted by Gasteiger charge is -2.01. The zero-order valence-electron chi connectivity index (χ0n) is 7.56. The van der Waals surface area contributed by atoms with Crippen LogP contribution in [0.15, 0.2) is 24.8 Å². The Hall–Kier alpha value is -1.62. The molecule has 0 aromatic carbocycles. The third-order valence-electron chi connectivity index (χ3n) is 1.73. The molecule has 0 amide bonds. The fraction of sp³-hybridized carbons (Fsp3) is 0.111. The largest absolute Gasteiger partial charge is 0.343 e. The van der Waals surface area contributed by atoms with Crippen molar-refractivity contribution in [2.24, 2.45) is 0 Å². The molecule has 0 aliphatic carbocycles. The average molecular weight is 204 g/mol. The highest BCUT2D eigenvalue weighted by Gasteiger charge is 1.98. The van der Waals surface area contributed by atoms with Gasteiger partial charge in [0.25, 0.3) is 0 Å². The van der Waals surface area contributed by atoms with Crippen LogP contribution in [0.1, 0.15) is 5.82 Å². The molecule has 0 bridgehead atoms. The number of nitrogens with zero attached hydrogens (tertiary/aromatic N) is 3. The number of nitrogens with one attached hydrogen (secondary N) is 1. The normalized spacial score (nSPS) is 10.1. The molecule has 4 nitrogen and oxygen atoms in total. The first-order valence-electron chi connectivity index (χ1n) is 4.09. The van der Waals surface area contributed by atoms with Crippen LogP contribution in [-0.2, 0) is 0 Å². The molecule has 0 aliphatic rings. The summed E-state index contributed by atoms with van der Waals surface area (Å²) in [6.45, 7) is 1.86. The molecule has 0 aliphatic heterocycles. The summed E-state index contributed by atoms with van der Waals surface area (Å²) in [4.78, 5) is 15.1. The minimum Gasteiger partial charge on any atom is -0.343 e. The van der Waals surface area contributed by atoms with E-state index in [1.807, 2.05) is 6.92 Å². The van der Waals surface area contributed by atoms with Gasteiger partial charge in [0.2, 0.25) is 0 Å². The summed E-state index contributed by atoms with van der Waals surface area (Å²) in [5.41, 5.74) is 1.80. The lowest BCUT2D eigenvalue weighted by Crippen LogP contribution is -1.92. The van der Waals surface area contributed by atoms with Crippen LogP contribution >= 0.6 is 12.2 Å². The molecule has 0 saturated heterocycles. The number of hydrogen-bond donors (Lipinski definition) is 1. The maximum absolute atomic E-state index is 5.02. The summed E-state index contributed by atoms with van der Waals surface area (Å²) in [5.74, 6) is 0.788. The van der Waals surface area contributed by atoms with Crippen LogP contribution in [0, 0.1) is 11.6 Å². The van der Waals surface area contributed by atoms with Crippen molar-refractivity contribution in [1.29, 1.82) is 0 Å². The highest BCUT2D eigenvalue weighted by atomic mass is 32.1. The summed E-state index contributed by atoms with van der Waals surface area (Å²) >= 11 is 5.02. The van der Waals surface area contributed by atoms with Crippen LogP contribution in [0.3, 0.4) is 0 Å². The van der Waals surface area contributed by atoms with E-state index in [2.05, 4.69) is 19.9 Å². The Morgan fingerprint density at radius 2 is 2.00 bits per heavy atom. The van der Waals surface area contributed by atoms with Crippen molar-refractivity contribution in [1.82, 2.24) is 19.9 Å². The number of aromatic amines is 1. The van der Waals surface area contributed by atoms with E-state index in [9.17, 15) is 0 Å². The van der Waals surface area contributed by atoms with Gasteiger partial charge in [0.05, 0.1) is 5.69 Å². The topological polar surface area (TPSA) is 54.5 Å². The van der Waals surface area contributed by atoms with E-state index in [1.165, 1.54) is 6.33 Å². The maximum Gasteiger partial charge on any atom is 0.130 e. The van der Waals surface area contributed by atoms with Gasteiger partial charge in [-0.3, -0.25) is 0 Å². The highest BCUT2D eigenvalue weighted by molar-refractivity contribution is 7.71. The van der Waals surface area contributed by atoms with Crippen molar-refractivity contribution in [2.75, 3.05) is 0 Å². The highest BCUT2D eigenvalue weighted by Crippen LogP contribution is 2.13. The zero-order chi connectivity index (χ0) is 9.97. The molecule has 2 heterocycles. The van der Waals surface area contributed by atoms with Crippen molar-refractivity contribution >= 4 is 12.2 Å². The number of aromatic nitrogens is 4. The van der Waals surface area contributed by atoms with Crippen LogP contribution < -0.4 is 0 Å². The molecule has 0 saturated carbocycles. The van der Waals surface area contributed by atoms with Gasteiger partial charge in [-0.1, -0.05) is 12.2 Å². The molecular weight excluding hydrogens is 196 g/mol. The smallest absolute Gasteiger partial charge is 0.130 e. The van der Waals surface area contributed by atoms with Gasteiger partial charge in [-0.05, 0) is 13.0 Å². The van der Waals surface area contributed by atoms with Gasteiger partial charge in [0.15, 0.2) is 0 Å². The summed E-state index contributed by atoms with van der Waals surface area (Å²) in [6, 6.07) is 1.79. The van der Waals surface area contributed by atoms with E-state index in [0.717, 1.165) is 17.1 Å². The molecule has 0 unspecified atom stereocenters. The van der Waals surface area contributed by atoms with E-state index < -0.39 is 0 Å². The first-order chi connectivity index (χ1) is 6.75. The van der Waals surface area contributed by atoms with Gasteiger partial charge in [0, 0.05) is 18.0 Å². The van der Waals surface area contributed by atoms with Crippen molar-refractivity contribution in [3.8, 4) is 11.3 Å². The molecule has 0 atom stereocenters. The molecular formula is C9H8N4S. The van der Waals surface area contributed by atoms with E-state index in [0.29, 0.717) is 4.64 Å². The van der Waals surface area contributed by atoms with Gasteiger partial charge >= 0.3 is 0 Å². The Bertz CT molecular complexity index is 492. The Morgan fingerprint density at radius 3 is 2.64 bits per heavy atom. The fourth-order valence-electron chi connectivity index (χ4n) is 1.17. The van der Waals surface area contributed by atoms with E-state index in [1.54, 1.807) is 18.5 Å². The van der Waals surface area contributed by atoms with Gasteiger partial charge in [-0.25, -0.2) is 15.0 Å². The summed E-state index contributed by atoms with van der Waals surface area (Å²) in [7, 11) is 0. The minimum absolute atomic E-state index is 0.570. The van der Waals surface area contributed by atoms with Gasteiger partial charge in [-0.15, -0.1) is 0 Å². The van der Waals surface area contributed by atoms with E-state index in [4.69, 9.17) is 12.2 Å². The number of hydrogen-bond acceptors (Lipinski definition) is 4. The Balaban J connectivity index is 2.58. The molecule has 0 spiro atoms. The summed E-state index contributed by atoms with van der Waals surface area (Å²) in [5, 5.41) is 0. The summed E-state index contributed by atoms with van der Waals surface area (Å²) in [6.07, 6.45) is 4.95. The van der Waals surface area contributed by atoms with Crippen LogP contribution in [0.2, 0.25) is 0 Å². The molecule has 0 fully saturated rings. The number of aryl methyl sites for hydroxylation is 1. The van der Waals surface area contributed by atoms with E-state index in [-0.39, 0.29) is 0 Å². The number of H-pyrrole nitrogens is 1. The SMILES string of the molecule is Cc1nc(=S)cc(-c2cncnc2)[nH]1. The van der Waals surface area contributed by atoms with Crippen LogP contribution in [0.4, 0.5) is 0 Å². The second-order valence-electron chi connectivity index (χ2n) is 2.85. The van der Waals surface area contributed by atoms with Crippen LogP contribution in [0.5, 0.6) is 0 Å². The molecule has 5 heteroatoms. The van der Waals surface area contributed by atoms with Crippen molar-refractivity contribution in [3.05, 3.63) is 35.3 Å². The average Bonchev–Trinajstić information content (AvgIpc) is 2.18. The summed E-state index contributed by atoms with van der Waals surface area (Å²) < 4.78 is 0.570. The standard InChI is InChI=1S/C9H8N4S/c1-6-12-8(2-9(14)13-6)7-3-10-5-11-4-7/h2-5H,1H3,(H,12,13,14). The predicted octanol–water partition coefficient (Wildman–Crippen LogP) is 1.90. The predicted molar refractivity (Wildman–Crippen MR) is 55.2 cm³/mol. The Kier molecular flexibility index (Phi) is 2.32. The van der Waals surface area contributed by atoms with Crippen molar-refractivity contribution in [2.45, 2.75) is 6.92 Å². The Labute approximate surface area is 86.1 Å². The lowest BCUT2D eigenvalue weighted by molar-refractivity contribution is 1.04. The van der Waals surface area contributed by atoms with Crippen molar-refractivity contribution in [3.63, 3.8) is 0 Å². The Morgan fingerprint density at radius 1 is 1.29 bits per heavy atom. The van der Waals surface area contributed by atoms with Gasteiger partial charge in [-0.2, -0.15) is 0 Å². The first kappa shape index (κ1) is 8.96. The monoisotopic (exact) mass is 204 g/mol. The quantitative estimate of drug-likeness (QED) is 0.721. The fourth-order valence-corrected chi connectivity index (χ4v) is 1.43. The zero-order valence-corrected chi connectivity index (χ0v) is 8.38. The molecule has 1 N–H and O–H groups in total. The van der Waals surface area contributed by atoms with Gasteiger partial charge in [0.1, 0.15) is 16.8 Å². The molecule has 70 valence electrons.